The normalized spacial score (nSPS) is 11.1. The highest BCUT2D eigenvalue weighted by atomic mass is 16.2. The van der Waals surface area contributed by atoms with Crippen LogP contribution in [0.3, 0.4) is 0 Å². The molecule has 1 aromatic carbocycles. The molecule has 0 atom stereocenters. The van der Waals surface area contributed by atoms with Crippen molar-refractivity contribution in [3.05, 3.63) is 59.3 Å². The Morgan fingerprint density at radius 3 is 2.52 bits per heavy atom. The third-order valence-corrected chi connectivity index (χ3v) is 3.04. The van der Waals surface area contributed by atoms with Crippen LogP contribution in [0.5, 0.6) is 0 Å². The number of hydrogen-bond acceptors (Lipinski definition) is 3. The average Bonchev–Trinajstić information content (AvgIpc) is 2.48. The molecule has 0 saturated heterocycles. The van der Waals surface area contributed by atoms with Crippen molar-refractivity contribution < 1.29 is 4.79 Å². The Bertz CT molecular complexity index is 662. The second kappa shape index (κ2) is 6.65. The number of amides is 2. The zero-order valence-corrected chi connectivity index (χ0v) is 12.3. The molecule has 5 nitrogen and oxygen atoms in total. The SMILES string of the molecule is C/C(=N\NC(=O)Nc1ncccc1C)c1ccc(C)cc1. The molecule has 108 valence electrons. The van der Waals surface area contributed by atoms with Crippen LogP contribution in [0.4, 0.5) is 10.6 Å². The molecule has 0 unspecified atom stereocenters. The van der Waals surface area contributed by atoms with Crippen molar-refractivity contribution in [3.63, 3.8) is 0 Å². The van der Waals surface area contributed by atoms with E-state index in [1.807, 2.05) is 57.2 Å². The quantitative estimate of drug-likeness (QED) is 0.670. The Morgan fingerprint density at radius 2 is 1.86 bits per heavy atom. The van der Waals surface area contributed by atoms with Crippen LogP contribution in [0.15, 0.2) is 47.7 Å². The first-order valence-corrected chi connectivity index (χ1v) is 6.66. The van der Waals surface area contributed by atoms with Gasteiger partial charge in [-0.15, -0.1) is 0 Å². The Hall–Kier alpha value is -2.69. The maximum Gasteiger partial charge on any atom is 0.340 e. The second-order valence-corrected chi connectivity index (χ2v) is 4.80. The Balaban J connectivity index is 1.98. The summed E-state index contributed by atoms with van der Waals surface area (Å²) in [7, 11) is 0. The predicted octanol–water partition coefficient (Wildman–Crippen LogP) is 3.24. The number of benzene rings is 1. The number of anilines is 1. The lowest BCUT2D eigenvalue weighted by Gasteiger charge is -2.07. The van der Waals surface area contributed by atoms with Gasteiger partial charge in [0.1, 0.15) is 5.82 Å². The fourth-order valence-corrected chi connectivity index (χ4v) is 1.75. The zero-order valence-electron chi connectivity index (χ0n) is 12.3. The fourth-order valence-electron chi connectivity index (χ4n) is 1.75. The first-order chi connectivity index (χ1) is 10.1. The van der Waals surface area contributed by atoms with Crippen molar-refractivity contribution in [2.75, 3.05) is 5.32 Å². The first-order valence-electron chi connectivity index (χ1n) is 6.66. The number of nitrogens with zero attached hydrogens (tertiary/aromatic N) is 2. The van der Waals surface area contributed by atoms with Crippen LogP contribution in [-0.2, 0) is 0 Å². The van der Waals surface area contributed by atoms with E-state index in [2.05, 4.69) is 20.8 Å². The predicted molar refractivity (Wildman–Crippen MR) is 84.5 cm³/mol. The van der Waals surface area contributed by atoms with E-state index < -0.39 is 6.03 Å². The first kappa shape index (κ1) is 14.7. The lowest BCUT2D eigenvalue weighted by atomic mass is 10.1. The minimum absolute atomic E-state index is 0.414. The number of aryl methyl sites for hydroxylation is 2. The molecule has 0 fully saturated rings. The molecule has 21 heavy (non-hydrogen) atoms. The van der Waals surface area contributed by atoms with Crippen LogP contribution in [0, 0.1) is 13.8 Å². The van der Waals surface area contributed by atoms with Gasteiger partial charge in [0.25, 0.3) is 0 Å². The third kappa shape index (κ3) is 4.14. The number of carbonyl (C=O) groups excluding carboxylic acids is 1. The summed E-state index contributed by atoms with van der Waals surface area (Å²) in [5.74, 6) is 0.526. The second-order valence-electron chi connectivity index (χ2n) is 4.80. The highest BCUT2D eigenvalue weighted by molar-refractivity contribution is 5.99. The van der Waals surface area contributed by atoms with Crippen LogP contribution in [0.25, 0.3) is 0 Å². The molecule has 0 saturated carbocycles. The van der Waals surface area contributed by atoms with E-state index in [0.717, 1.165) is 16.8 Å². The molecule has 0 aliphatic carbocycles. The van der Waals surface area contributed by atoms with Crippen LogP contribution < -0.4 is 10.7 Å². The smallest absolute Gasteiger partial charge is 0.291 e. The highest BCUT2D eigenvalue weighted by Crippen LogP contribution is 2.08. The zero-order chi connectivity index (χ0) is 15.2. The fraction of sp³-hybridized carbons (Fsp3) is 0.188. The van der Waals surface area contributed by atoms with Gasteiger partial charge in [-0.2, -0.15) is 5.10 Å². The summed E-state index contributed by atoms with van der Waals surface area (Å²) in [6, 6.07) is 11.2. The summed E-state index contributed by atoms with van der Waals surface area (Å²) in [5, 5.41) is 6.73. The van der Waals surface area contributed by atoms with E-state index in [0.29, 0.717) is 5.82 Å². The molecule has 0 spiro atoms. The van der Waals surface area contributed by atoms with E-state index in [4.69, 9.17) is 0 Å². The van der Waals surface area contributed by atoms with Gasteiger partial charge < -0.3 is 0 Å². The number of nitrogens with one attached hydrogen (secondary N) is 2. The molecular formula is C16H18N4O. The minimum atomic E-state index is -0.414. The third-order valence-electron chi connectivity index (χ3n) is 3.04. The summed E-state index contributed by atoms with van der Waals surface area (Å²) < 4.78 is 0. The van der Waals surface area contributed by atoms with Gasteiger partial charge in [-0.05, 0) is 38.0 Å². The Morgan fingerprint density at radius 1 is 1.14 bits per heavy atom. The summed E-state index contributed by atoms with van der Waals surface area (Å²) in [6.45, 7) is 5.75. The lowest BCUT2D eigenvalue weighted by molar-refractivity contribution is 0.252. The minimum Gasteiger partial charge on any atom is -0.291 e. The summed E-state index contributed by atoms with van der Waals surface area (Å²) in [6.07, 6.45) is 1.63. The van der Waals surface area contributed by atoms with Crippen LogP contribution in [0.2, 0.25) is 0 Å². The van der Waals surface area contributed by atoms with Crippen LogP contribution in [-0.4, -0.2) is 16.7 Å². The molecule has 1 heterocycles. The molecule has 2 rings (SSSR count). The molecule has 0 aliphatic heterocycles. The topological polar surface area (TPSA) is 66.4 Å². The van der Waals surface area contributed by atoms with Gasteiger partial charge in [-0.1, -0.05) is 35.9 Å². The largest absolute Gasteiger partial charge is 0.340 e. The van der Waals surface area contributed by atoms with Crippen molar-refractivity contribution in [1.29, 1.82) is 0 Å². The molecule has 0 radical (unpaired) electrons. The van der Waals surface area contributed by atoms with Crippen molar-refractivity contribution in [3.8, 4) is 0 Å². The number of hydrogen-bond donors (Lipinski definition) is 2. The summed E-state index contributed by atoms with van der Waals surface area (Å²) in [4.78, 5) is 15.9. The van der Waals surface area contributed by atoms with Crippen molar-refractivity contribution in [2.45, 2.75) is 20.8 Å². The maximum absolute atomic E-state index is 11.8. The van der Waals surface area contributed by atoms with E-state index in [1.54, 1.807) is 6.20 Å². The monoisotopic (exact) mass is 282 g/mol. The number of rotatable bonds is 3. The van der Waals surface area contributed by atoms with Gasteiger partial charge in [0.05, 0.1) is 5.71 Å². The van der Waals surface area contributed by atoms with E-state index in [9.17, 15) is 4.79 Å². The van der Waals surface area contributed by atoms with Gasteiger partial charge in [-0.25, -0.2) is 15.2 Å². The van der Waals surface area contributed by atoms with Crippen molar-refractivity contribution in [2.24, 2.45) is 5.10 Å². The lowest BCUT2D eigenvalue weighted by Crippen LogP contribution is -2.26. The van der Waals surface area contributed by atoms with Gasteiger partial charge >= 0.3 is 6.03 Å². The standard InChI is InChI=1S/C16H18N4O/c1-11-6-8-14(9-7-11)13(3)19-20-16(21)18-15-12(2)5-4-10-17-15/h4-10H,1-3H3,(H2,17,18,20,21)/b19-13+. The van der Waals surface area contributed by atoms with Crippen LogP contribution >= 0.6 is 0 Å². The molecule has 2 aromatic rings. The molecule has 2 amide bonds. The summed E-state index contributed by atoms with van der Waals surface area (Å²) in [5.41, 5.74) is 6.25. The molecule has 1 aromatic heterocycles. The maximum atomic E-state index is 11.8. The number of hydrazone groups is 1. The van der Waals surface area contributed by atoms with E-state index in [-0.39, 0.29) is 0 Å². The molecular weight excluding hydrogens is 264 g/mol. The van der Waals surface area contributed by atoms with Gasteiger partial charge in [0, 0.05) is 6.20 Å². The number of urea groups is 1. The van der Waals surface area contributed by atoms with Gasteiger partial charge in [0.2, 0.25) is 0 Å². The number of carbonyl (C=O) groups is 1. The number of aromatic nitrogens is 1. The average molecular weight is 282 g/mol. The molecule has 0 bridgehead atoms. The Kier molecular flexibility index (Phi) is 4.66. The van der Waals surface area contributed by atoms with E-state index in [1.165, 1.54) is 5.56 Å². The Labute approximate surface area is 124 Å². The van der Waals surface area contributed by atoms with Crippen LogP contribution in [0.1, 0.15) is 23.6 Å². The van der Waals surface area contributed by atoms with Gasteiger partial charge in [0.15, 0.2) is 0 Å². The van der Waals surface area contributed by atoms with Gasteiger partial charge in [-0.3, -0.25) is 5.32 Å². The highest BCUT2D eigenvalue weighted by Gasteiger charge is 2.04. The van der Waals surface area contributed by atoms with Crippen molar-refractivity contribution in [1.82, 2.24) is 10.4 Å². The number of pyridine rings is 1. The van der Waals surface area contributed by atoms with E-state index >= 15 is 0 Å². The molecule has 0 aliphatic rings. The summed E-state index contributed by atoms with van der Waals surface area (Å²) >= 11 is 0. The molecule has 5 heteroatoms. The molecule has 2 N–H and O–H groups in total. The van der Waals surface area contributed by atoms with Crippen molar-refractivity contribution >= 4 is 17.6 Å².